The van der Waals surface area contributed by atoms with Crippen molar-refractivity contribution < 1.29 is 8.78 Å². The largest absolute Gasteiger partial charge is 0.309 e. The maximum atomic E-state index is 13.9. The van der Waals surface area contributed by atoms with Crippen LogP contribution in [0.3, 0.4) is 0 Å². The van der Waals surface area contributed by atoms with Crippen LogP contribution in [-0.4, -0.2) is 7.05 Å². The summed E-state index contributed by atoms with van der Waals surface area (Å²) in [4.78, 5) is 0. The molecule has 0 heterocycles. The first kappa shape index (κ1) is 14.2. The molecule has 4 heteroatoms. The third kappa shape index (κ3) is 3.01. The Labute approximate surface area is 119 Å². The summed E-state index contributed by atoms with van der Waals surface area (Å²) in [7, 11) is 1.73. The van der Waals surface area contributed by atoms with Crippen LogP contribution < -0.4 is 5.32 Å². The van der Waals surface area contributed by atoms with Gasteiger partial charge < -0.3 is 5.32 Å². The van der Waals surface area contributed by atoms with Crippen molar-refractivity contribution >= 4 is 15.9 Å². The standard InChI is InChI=1S/C15H14BrF2N/c1-9-3-4-10(16)7-12(9)15(19-2)13-8-11(17)5-6-14(13)18/h3-8,15,19H,1-2H3. The summed E-state index contributed by atoms with van der Waals surface area (Å²) in [5.74, 6) is -0.857. The molecule has 0 spiro atoms. The zero-order valence-corrected chi connectivity index (χ0v) is 12.3. The Morgan fingerprint density at radius 3 is 2.47 bits per heavy atom. The molecule has 0 aliphatic carbocycles. The molecule has 0 amide bonds. The molecule has 2 aromatic rings. The average Bonchev–Trinajstić information content (AvgIpc) is 2.38. The molecule has 0 aliphatic rings. The lowest BCUT2D eigenvalue weighted by atomic mass is 9.95. The number of nitrogens with one attached hydrogen (secondary N) is 1. The Morgan fingerprint density at radius 2 is 1.79 bits per heavy atom. The second-order valence-electron chi connectivity index (χ2n) is 4.39. The molecular formula is C15H14BrF2N. The van der Waals surface area contributed by atoms with Crippen LogP contribution in [0.25, 0.3) is 0 Å². The van der Waals surface area contributed by atoms with E-state index in [4.69, 9.17) is 0 Å². The van der Waals surface area contributed by atoms with Crippen molar-refractivity contribution in [2.24, 2.45) is 0 Å². The quantitative estimate of drug-likeness (QED) is 0.884. The van der Waals surface area contributed by atoms with Gasteiger partial charge in [-0.1, -0.05) is 22.0 Å². The van der Waals surface area contributed by atoms with Crippen LogP contribution in [0.2, 0.25) is 0 Å². The molecule has 0 aliphatic heterocycles. The topological polar surface area (TPSA) is 12.0 Å². The van der Waals surface area contributed by atoms with Gasteiger partial charge in [0.2, 0.25) is 0 Å². The molecule has 19 heavy (non-hydrogen) atoms. The lowest BCUT2D eigenvalue weighted by Gasteiger charge is -2.20. The maximum Gasteiger partial charge on any atom is 0.128 e. The summed E-state index contributed by atoms with van der Waals surface area (Å²) in [6.45, 7) is 1.95. The van der Waals surface area contributed by atoms with Crippen molar-refractivity contribution in [3.63, 3.8) is 0 Å². The van der Waals surface area contributed by atoms with Crippen molar-refractivity contribution in [1.29, 1.82) is 0 Å². The van der Waals surface area contributed by atoms with E-state index in [0.29, 0.717) is 5.56 Å². The first-order valence-electron chi connectivity index (χ1n) is 5.91. The minimum absolute atomic E-state index is 0.309. The second-order valence-corrected chi connectivity index (χ2v) is 5.30. The van der Waals surface area contributed by atoms with Crippen LogP contribution in [0, 0.1) is 18.6 Å². The number of hydrogen-bond donors (Lipinski definition) is 1. The fourth-order valence-electron chi connectivity index (χ4n) is 2.14. The smallest absolute Gasteiger partial charge is 0.128 e. The first-order valence-corrected chi connectivity index (χ1v) is 6.70. The predicted molar refractivity (Wildman–Crippen MR) is 76.1 cm³/mol. The second kappa shape index (κ2) is 5.80. The highest BCUT2D eigenvalue weighted by Gasteiger charge is 2.19. The summed E-state index contributed by atoms with van der Waals surface area (Å²) in [5, 5.41) is 3.04. The molecule has 0 radical (unpaired) electrons. The third-order valence-corrected chi connectivity index (χ3v) is 3.60. The lowest BCUT2D eigenvalue weighted by Crippen LogP contribution is -2.20. The van der Waals surface area contributed by atoms with Crippen LogP contribution in [0.4, 0.5) is 8.78 Å². The van der Waals surface area contributed by atoms with Gasteiger partial charge in [-0.3, -0.25) is 0 Å². The molecule has 2 aromatic carbocycles. The van der Waals surface area contributed by atoms with E-state index >= 15 is 0 Å². The van der Waals surface area contributed by atoms with Crippen LogP contribution in [-0.2, 0) is 0 Å². The highest BCUT2D eigenvalue weighted by Crippen LogP contribution is 2.29. The summed E-state index contributed by atoms with van der Waals surface area (Å²) in [6.07, 6.45) is 0. The van der Waals surface area contributed by atoms with E-state index in [-0.39, 0.29) is 6.04 Å². The van der Waals surface area contributed by atoms with E-state index in [0.717, 1.165) is 27.7 Å². The molecule has 0 aromatic heterocycles. The van der Waals surface area contributed by atoms with E-state index in [9.17, 15) is 8.78 Å². The first-order chi connectivity index (χ1) is 9.02. The molecule has 100 valence electrons. The van der Waals surface area contributed by atoms with Gasteiger partial charge in [-0.2, -0.15) is 0 Å². The van der Waals surface area contributed by atoms with E-state index < -0.39 is 11.6 Å². The van der Waals surface area contributed by atoms with Gasteiger partial charge >= 0.3 is 0 Å². The van der Waals surface area contributed by atoms with Crippen molar-refractivity contribution in [3.05, 3.63) is 69.2 Å². The highest BCUT2D eigenvalue weighted by atomic mass is 79.9. The van der Waals surface area contributed by atoms with Crippen LogP contribution in [0.5, 0.6) is 0 Å². The highest BCUT2D eigenvalue weighted by molar-refractivity contribution is 9.10. The van der Waals surface area contributed by atoms with Gasteiger partial charge in [-0.05, 0) is 55.4 Å². The molecule has 1 nitrogen and oxygen atoms in total. The third-order valence-electron chi connectivity index (χ3n) is 3.11. The minimum atomic E-state index is -0.440. The van der Waals surface area contributed by atoms with Gasteiger partial charge in [0, 0.05) is 10.0 Å². The molecule has 1 atom stereocenters. The van der Waals surface area contributed by atoms with E-state index in [2.05, 4.69) is 21.2 Å². The van der Waals surface area contributed by atoms with E-state index in [1.54, 1.807) is 7.05 Å². The normalized spacial score (nSPS) is 12.5. The number of aryl methyl sites for hydroxylation is 1. The zero-order chi connectivity index (χ0) is 14.0. The van der Waals surface area contributed by atoms with Crippen LogP contribution >= 0.6 is 15.9 Å². The summed E-state index contributed by atoms with van der Waals surface area (Å²) < 4.78 is 28.1. The lowest BCUT2D eigenvalue weighted by molar-refractivity contribution is 0.557. The van der Waals surface area contributed by atoms with Crippen LogP contribution in [0.1, 0.15) is 22.7 Å². The van der Waals surface area contributed by atoms with Gasteiger partial charge in [-0.15, -0.1) is 0 Å². The van der Waals surface area contributed by atoms with Gasteiger partial charge in [0.25, 0.3) is 0 Å². The van der Waals surface area contributed by atoms with Crippen molar-refractivity contribution in [3.8, 4) is 0 Å². The summed E-state index contributed by atoms with van der Waals surface area (Å²) in [6, 6.07) is 8.92. The van der Waals surface area contributed by atoms with E-state index in [1.165, 1.54) is 6.07 Å². The Hall–Kier alpha value is -1.26. The Bertz CT molecular complexity index is 547. The monoisotopic (exact) mass is 325 g/mol. The Morgan fingerprint density at radius 1 is 1.05 bits per heavy atom. The van der Waals surface area contributed by atoms with Gasteiger partial charge in [0.05, 0.1) is 6.04 Å². The molecule has 1 unspecified atom stereocenters. The summed E-state index contributed by atoms with van der Waals surface area (Å²) in [5.41, 5.74) is 2.25. The molecule has 0 saturated carbocycles. The average molecular weight is 326 g/mol. The molecular weight excluding hydrogens is 312 g/mol. The SMILES string of the molecule is CNC(c1cc(Br)ccc1C)c1cc(F)ccc1F. The zero-order valence-electron chi connectivity index (χ0n) is 10.7. The molecule has 2 rings (SSSR count). The Balaban J connectivity index is 2.55. The van der Waals surface area contributed by atoms with Gasteiger partial charge in [-0.25, -0.2) is 8.78 Å². The number of halogens is 3. The number of benzene rings is 2. The van der Waals surface area contributed by atoms with Crippen molar-refractivity contribution in [1.82, 2.24) is 5.32 Å². The van der Waals surface area contributed by atoms with Gasteiger partial charge in [0.15, 0.2) is 0 Å². The Kier molecular flexibility index (Phi) is 4.32. The molecule has 0 fully saturated rings. The number of rotatable bonds is 3. The molecule has 1 N–H and O–H groups in total. The van der Waals surface area contributed by atoms with Gasteiger partial charge in [0.1, 0.15) is 11.6 Å². The van der Waals surface area contributed by atoms with E-state index in [1.807, 2.05) is 25.1 Å². The summed E-state index contributed by atoms with van der Waals surface area (Å²) >= 11 is 3.40. The molecule has 0 saturated heterocycles. The fraction of sp³-hybridized carbons (Fsp3) is 0.200. The number of hydrogen-bond acceptors (Lipinski definition) is 1. The predicted octanol–water partition coefficient (Wildman–Crippen LogP) is 4.34. The fourth-order valence-corrected chi connectivity index (χ4v) is 2.52. The minimum Gasteiger partial charge on any atom is -0.309 e. The molecule has 0 bridgehead atoms. The van der Waals surface area contributed by atoms with Crippen molar-refractivity contribution in [2.45, 2.75) is 13.0 Å². The van der Waals surface area contributed by atoms with Crippen molar-refractivity contribution in [2.75, 3.05) is 7.05 Å². The van der Waals surface area contributed by atoms with Crippen LogP contribution in [0.15, 0.2) is 40.9 Å². The maximum absolute atomic E-state index is 13.9.